The maximum atomic E-state index is 13.5. The average Bonchev–Trinajstić information content (AvgIpc) is 2.53. The van der Waals surface area contributed by atoms with Gasteiger partial charge in [-0.3, -0.25) is 0 Å². The number of aryl methyl sites for hydroxylation is 1. The summed E-state index contributed by atoms with van der Waals surface area (Å²) in [5, 5.41) is 5.26. The van der Waals surface area contributed by atoms with Gasteiger partial charge in [-0.1, -0.05) is 12.1 Å². The lowest BCUT2D eigenvalue weighted by Crippen LogP contribution is -3.00. The van der Waals surface area contributed by atoms with Crippen molar-refractivity contribution in [3.63, 3.8) is 0 Å². The standard InChI is InChI=1S/C18H22FN3O.ClH/c1-4-22(5-2)14-10-11-16(13(3)12-14)20-18(23)21-17-9-7-6-8-15(17)19;/h6-12H,4-5H2,1-3H3,(H2,20,21,23);1H/p-1. The highest BCUT2D eigenvalue weighted by Gasteiger charge is 2.09. The van der Waals surface area contributed by atoms with E-state index in [1.54, 1.807) is 12.1 Å². The first-order valence-corrected chi connectivity index (χ1v) is 7.73. The van der Waals surface area contributed by atoms with E-state index < -0.39 is 11.8 Å². The second-order valence-corrected chi connectivity index (χ2v) is 5.23. The van der Waals surface area contributed by atoms with Crippen LogP contribution in [0.4, 0.5) is 26.2 Å². The van der Waals surface area contributed by atoms with Crippen LogP contribution < -0.4 is 27.9 Å². The topological polar surface area (TPSA) is 44.4 Å². The number of benzene rings is 2. The third-order valence-corrected chi connectivity index (χ3v) is 3.71. The van der Waals surface area contributed by atoms with Gasteiger partial charge in [0.05, 0.1) is 5.69 Å². The van der Waals surface area contributed by atoms with Gasteiger partial charge in [0.1, 0.15) is 5.82 Å². The molecular formula is C18H22ClFN3O-. The summed E-state index contributed by atoms with van der Waals surface area (Å²) in [7, 11) is 0. The van der Waals surface area contributed by atoms with Crippen LogP contribution in [0.15, 0.2) is 42.5 Å². The maximum absolute atomic E-state index is 13.5. The van der Waals surface area contributed by atoms with E-state index in [9.17, 15) is 9.18 Å². The lowest BCUT2D eigenvalue weighted by molar-refractivity contribution is -0.00000823. The van der Waals surface area contributed by atoms with Crippen LogP contribution in [-0.4, -0.2) is 19.1 Å². The zero-order chi connectivity index (χ0) is 16.8. The molecule has 0 fully saturated rings. The average molecular weight is 351 g/mol. The van der Waals surface area contributed by atoms with E-state index in [0.717, 1.165) is 24.3 Å². The quantitative estimate of drug-likeness (QED) is 0.861. The van der Waals surface area contributed by atoms with Crippen molar-refractivity contribution in [1.82, 2.24) is 0 Å². The predicted molar refractivity (Wildman–Crippen MR) is 93.8 cm³/mol. The number of nitrogens with zero attached hydrogens (tertiary/aromatic N) is 1. The molecule has 0 aromatic heterocycles. The van der Waals surface area contributed by atoms with Gasteiger partial charge < -0.3 is 27.9 Å². The predicted octanol–water partition coefficient (Wildman–Crippen LogP) is 1.63. The molecule has 6 heteroatoms. The third kappa shape index (κ3) is 4.86. The van der Waals surface area contributed by atoms with Crippen LogP contribution >= 0.6 is 0 Å². The molecule has 130 valence electrons. The second kappa shape index (κ2) is 9.13. The second-order valence-electron chi connectivity index (χ2n) is 5.23. The molecule has 0 aliphatic rings. The lowest BCUT2D eigenvalue weighted by atomic mass is 10.1. The Labute approximate surface area is 148 Å². The van der Waals surface area contributed by atoms with E-state index >= 15 is 0 Å². The Bertz CT molecular complexity index is 690. The first kappa shape index (κ1) is 19.8. The summed E-state index contributed by atoms with van der Waals surface area (Å²) >= 11 is 0. The number of anilines is 3. The fourth-order valence-corrected chi connectivity index (χ4v) is 2.41. The zero-order valence-electron chi connectivity index (χ0n) is 14.1. The number of nitrogens with one attached hydrogen (secondary N) is 2. The van der Waals surface area contributed by atoms with Crippen LogP contribution in [0.25, 0.3) is 0 Å². The molecule has 2 rings (SSSR count). The van der Waals surface area contributed by atoms with Crippen molar-refractivity contribution in [2.24, 2.45) is 0 Å². The van der Waals surface area contributed by atoms with Gasteiger partial charge >= 0.3 is 6.03 Å². The molecule has 0 aliphatic carbocycles. The number of amides is 2. The number of carbonyl (C=O) groups is 1. The molecule has 0 bridgehead atoms. The van der Waals surface area contributed by atoms with Crippen molar-refractivity contribution < 1.29 is 21.6 Å². The van der Waals surface area contributed by atoms with Crippen LogP contribution in [0, 0.1) is 12.7 Å². The van der Waals surface area contributed by atoms with Crippen LogP contribution in [0.1, 0.15) is 19.4 Å². The van der Waals surface area contributed by atoms with Gasteiger partial charge in [-0.05, 0) is 56.7 Å². The van der Waals surface area contributed by atoms with Crippen LogP contribution in [0.3, 0.4) is 0 Å². The fourth-order valence-electron chi connectivity index (χ4n) is 2.41. The van der Waals surface area contributed by atoms with Gasteiger partial charge in [-0.2, -0.15) is 0 Å². The molecule has 24 heavy (non-hydrogen) atoms. The normalized spacial score (nSPS) is 9.83. The number of para-hydroxylation sites is 1. The van der Waals surface area contributed by atoms with E-state index in [0.29, 0.717) is 5.69 Å². The molecule has 0 saturated carbocycles. The van der Waals surface area contributed by atoms with Crippen molar-refractivity contribution in [3.05, 3.63) is 53.8 Å². The van der Waals surface area contributed by atoms with Crippen molar-refractivity contribution in [3.8, 4) is 0 Å². The largest absolute Gasteiger partial charge is 1.00 e. The van der Waals surface area contributed by atoms with Gasteiger partial charge in [-0.25, -0.2) is 9.18 Å². The van der Waals surface area contributed by atoms with E-state index in [2.05, 4.69) is 29.4 Å². The fraction of sp³-hybridized carbons (Fsp3) is 0.278. The van der Waals surface area contributed by atoms with Crippen molar-refractivity contribution in [2.45, 2.75) is 20.8 Å². The Hall–Kier alpha value is -2.27. The van der Waals surface area contributed by atoms with Crippen molar-refractivity contribution in [1.29, 1.82) is 0 Å². The van der Waals surface area contributed by atoms with Gasteiger partial charge in [0.25, 0.3) is 0 Å². The minimum absolute atomic E-state index is 0. The van der Waals surface area contributed by atoms with Crippen molar-refractivity contribution >= 4 is 23.1 Å². The van der Waals surface area contributed by atoms with Gasteiger partial charge in [0, 0.05) is 24.5 Å². The Kier molecular flexibility index (Phi) is 7.52. The lowest BCUT2D eigenvalue weighted by Gasteiger charge is -2.22. The van der Waals surface area contributed by atoms with E-state index in [1.807, 2.05) is 25.1 Å². The highest BCUT2D eigenvalue weighted by atomic mass is 35.5. The molecule has 0 heterocycles. The molecule has 0 spiro atoms. The summed E-state index contributed by atoms with van der Waals surface area (Å²) in [5.74, 6) is -0.462. The Morgan fingerprint density at radius 2 is 1.67 bits per heavy atom. The summed E-state index contributed by atoms with van der Waals surface area (Å²) in [6, 6.07) is 11.5. The Balaban J connectivity index is 0.00000288. The Morgan fingerprint density at radius 3 is 2.25 bits per heavy atom. The first-order chi connectivity index (χ1) is 11.0. The number of carbonyl (C=O) groups excluding carboxylic acids is 1. The van der Waals surface area contributed by atoms with E-state index in [4.69, 9.17) is 0 Å². The van der Waals surface area contributed by atoms with Crippen LogP contribution in [0.5, 0.6) is 0 Å². The molecule has 2 aromatic carbocycles. The van der Waals surface area contributed by atoms with E-state index in [1.165, 1.54) is 12.1 Å². The minimum Gasteiger partial charge on any atom is -1.00 e. The molecule has 0 atom stereocenters. The van der Waals surface area contributed by atoms with E-state index in [-0.39, 0.29) is 18.1 Å². The summed E-state index contributed by atoms with van der Waals surface area (Å²) in [6.45, 7) is 8.00. The zero-order valence-corrected chi connectivity index (χ0v) is 14.8. The molecular weight excluding hydrogens is 329 g/mol. The van der Waals surface area contributed by atoms with Gasteiger partial charge in [-0.15, -0.1) is 0 Å². The Morgan fingerprint density at radius 1 is 1.04 bits per heavy atom. The summed E-state index contributed by atoms with van der Waals surface area (Å²) in [5.41, 5.74) is 2.93. The molecule has 0 radical (unpaired) electrons. The summed E-state index contributed by atoms with van der Waals surface area (Å²) in [6.07, 6.45) is 0. The molecule has 2 amide bonds. The van der Waals surface area contributed by atoms with Gasteiger partial charge in [0.2, 0.25) is 0 Å². The third-order valence-electron chi connectivity index (χ3n) is 3.71. The van der Waals surface area contributed by atoms with Gasteiger partial charge in [0.15, 0.2) is 0 Å². The number of rotatable bonds is 5. The molecule has 0 unspecified atom stereocenters. The summed E-state index contributed by atoms with van der Waals surface area (Å²) in [4.78, 5) is 14.3. The molecule has 2 aromatic rings. The monoisotopic (exact) mass is 350 g/mol. The summed E-state index contributed by atoms with van der Waals surface area (Å²) < 4.78 is 13.5. The molecule has 4 nitrogen and oxygen atoms in total. The minimum atomic E-state index is -0.464. The molecule has 0 aliphatic heterocycles. The SMILES string of the molecule is CCN(CC)c1ccc(NC(=O)Nc2ccccc2F)c(C)c1.[Cl-]. The number of hydrogen-bond acceptors (Lipinski definition) is 2. The highest BCUT2D eigenvalue weighted by molar-refractivity contribution is 6.00. The highest BCUT2D eigenvalue weighted by Crippen LogP contribution is 2.23. The number of hydrogen-bond donors (Lipinski definition) is 2. The number of halogens is 2. The van der Waals surface area contributed by atoms with Crippen LogP contribution in [0.2, 0.25) is 0 Å². The first-order valence-electron chi connectivity index (χ1n) is 7.73. The maximum Gasteiger partial charge on any atom is 0.323 e. The number of urea groups is 1. The molecule has 0 saturated heterocycles. The van der Waals surface area contributed by atoms with Crippen molar-refractivity contribution in [2.75, 3.05) is 28.6 Å². The smallest absolute Gasteiger partial charge is 0.323 e. The van der Waals surface area contributed by atoms with Crippen LogP contribution in [-0.2, 0) is 0 Å². The molecule has 2 N–H and O–H groups in total.